The fourth-order valence-electron chi connectivity index (χ4n) is 3.55. The fourth-order valence-corrected chi connectivity index (χ4v) is 6.59. The molecule has 0 aromatic heterocycles. The second-order valence-electron chi connectivity index (χ2n) is 5.62. The Hall–Kier alpha value is -0.190. The van der Waals surface area contributed by atoms with Crippen LogP contribution in [0, 0.1) is 5.92 Å². The molecule has 1 saturated heterocycles. The third-order valence-corrected chi connectivity index (χ3v) is 8.05. The molecule has 0 bridgehead atoms. The van der Waals surface area contributed by atoms with Gasteiger partial charge in [-0.05, 0) is 50.4 Å². The average Bonchev–Trinajstić information content (AvgIpc) is 3.08. The minimum absolute atomic E-state index is 0.0412. The van der Waals surface area contributed by atoms with Crippen molar-refractivity contribution in [2.24, 2.45) is 5.92 Å². The first-order chi connectivity index (χ1) is 10.1. The number of fused-ring (bicyclic) bond motifs is 1. The van der Waals surface area contributed by atoms with Crippen LogP contribution in [-0.4, -0.2) is 24.9 Å². The van der Waals surface area contributed by atoms with Gasteiger partial charge in [-0.1, -0.05) is 28.1 Å². The van der Waals surface area contributed by atoms with Gasteiger partial charge in [0.25, 0.3) is 0 Å². The summed E-state index contributed by atoms with van der Waals surface area (Å²) in [6, 6.07) is 8.23. The molecule has 21 heavy (non-hydrogen) atoms. The molecule has 0 amide bonds. The maximum absolute atomic E-state index is 13.3. The van der Waals surface area contributed by atoms with Crippen molar-refractivity contribution in [2.45, 2.75) is 31.5 Å². The van der Waals surface area contributed by atoms with Crippen LogP contribution in [0.15, 0.2) is 28.7 Å². The lowest BCUT2D eigenvalue weighted by Gasteiger charge is -2.31. The van der Waals surface area contributed by atoms with E-state index in [2.05, 4.69) is 33.4 Å². The van der Waals surface area contributed by atoms with Crippen LogP contribution in [0.1, 0.15) is 31.9 Å². The minimum atomic E-state index is -3.11. The Balaban J connectivity index is 1.95. The first kappa shape index (κ1) is 15.7. The van der Waals surface area contributed by atoms with Gasteiger partial charge in [-0.25, -0.2) is 0 Å². The van der Waals surface area contributed by atoms with E-state index < -0.39 is 7.60 Å². The van der Waals surface area contributed by atoms with E-state index in [0.29, 0.717) is 19.1 Å². The topological polar surface area (TPSA) is 47.6 Å². The molecule has 0 radical (unpaired) electrons. The molecule has 1 N–H and O–H groups in total. The van der Waals surface area contributed by atoms with Crippen molar-refractivity contribution < 1.29 is 13.6 Å². The molecular weight excluding hydrogens is 353 g/mol. The zero-order chi connectivity index (χ0) is 15.1. The zero-order valence-electron chi connectivity index (χ0n) is 12.3. The van der Waals surface area contributed by atoms with Gasteiger partial charge in [-0.2, -0.15) is 0 Å². The molecule has 1 aliphatic carbocycles. The molecule has 116 valence electrons. The molecule has 3 unspecified atom stereocenters. The lowest BCUT2D eigenvalue weighted by Crippen LogP contribution is -2.29. The van der Waals surface area contributed by atoms with Gasteiger partial charge >= 0.3 is 7.60 Å². The quantitative estimate of drug-likeness (QED) is 0.762. The Morgan fingerprint density at radius 3 is 2.43 bits per heavy atom. The van der Waals surface area contributed by atoms with Crippen LogP contribution in [0.4, 0.5) is 0 Å². The van der Waals surface area contributed by atoms with Crippen molar-refractivity contribution in [3.8, 4) is 0 Å². The van der Waals surface area contributed by atoms with Crippen molar-refractivity contribution in [3.05, 3.63) is 34.3 Å². The van der Waals surface area contributed by atoms with Crippen LogP contribution < -0.4 is 5.32 Å². The highest BCUT2D eigenvalue weighted by Gasteiger charge is 2.74. The van der Waals surface area contributed by atoms with Gasteiger partial charge < -0.3 is 14.4 Å². The van der Waals surface area contributed by atoms with E-state index in [4.69, 9.17) is 9.05 Å². The van der Waals surface area contributed by atoms with E-state index in [9.17, 15) is 4.57 Å². The molecule has 2 fully saturated rings. The van der Waals surface area contributed by atoms with Gasteiger partial charge in [0.2, 0.25) is 0 Å². The summed E-state index contributed by atoms with van der Waals surface area (Å²) in [5.74, 6) is 0.384. The number of benzene rings is 1. The molecule has 1 aromatic carbocycles. The normalized spacial score (nSPS) is 31.2. The summed E-state index contributed by atoms with van der Waals surface area (Å²) in [5.41, 5.74) is 1.15. The van der Waals surface area contributed by atoms with Gasteiger partial charge in [-0.3, -0.25) is 4.57 Å². The summed E-state index contributed by atoms with van der Waals surface area (Å²) in [7, 11) is -3.11. The molecule has 3 atom stereocenters. The van der Waals surface area contributed by atoms with Crippen LogP contribution in [0.5, 0.6) is 0 Å². The van der Waals surface area contributed by atoms with Gasteiger partial charge in [-0.15, -0.1) is 0 Å². The van der Waals surface area contributed by atoms with Crippen LogP contribution in [0.2, 0.25) is 0 Å². The number of hydrogen-bond acceptors (Lipinski definition) is 4. The Bertz CT molecular complexity index is 555. The summed E-state index contributed by atoms with van der Waals surface area (Å²) >= 11 is 3.46. The number of hydrogen-bond donors (Lipinski definition) is 1. The van der Waals surface area contributed by atoms with Crippen LogP contribution >= 0.6 is 23.5 Å². The summed E-state index contributed by atoms with van der Waals surface area (Å²) < 4.78 is 25.7. The van der Waals surface area contributed by atoms with Crippen LogP contribution in [0.25, 0.3) is 0 Å². The Morgan fingerprint density at radius 2 is 1.90 bits per heavy atom. The Labute approximate surface area is 134 Å². The molecule has 1 saturated carbocycles. The summed E-state index contributed by atoms with van der Waals surface area (Å²) in [5, 5.41) is 3.13. The van der Waals surface area contributed by atoms with Gasteiger partial charge in [0.05, 0.1) is 18.4 Å². The maximum Gasteiger partial charge on any atom is 0.338 e. The van der Waals surface area contributed by atoms with Crippen molar-refractivity contribution in [1.29, 1.82) is 0 Å². The highest BCUT2D eigenvalue weighted by atomic mass is 79.9. The number of rotatable bonds is 6. The van der Waals surface area contributed by atoms with Crippen molar-refractivity contribution in [1.82, 2.24) is 5.32 Å². The summed E-state index contributed by atoms with van der Waals surface area (Å²) in [6.45, 7) is 5.45. The highest BCUT2D eigenvalue weighted by molar-refractivity contribution is 9.10. The van der Waals surface area contributed by atoms with Crippen molar-refractivity contribution in [3.63, 3.8) is 0 Å². The molecule has 6 heteroatoms. The zero-order valence-corrected chi connectivity index (χ0v) is 14.8. The van der Waals surface area contributed by atoms with Crippen LogP contribution in [0.3, 0.4) is 0 Å². The van der Waals surface area contributed by atoms with E-state index >= 15 is 0 Å². The third-order valence-electron chi connectivity index (χ3n) is 4.50. The Morgan fingerprint density at radius 1 is 1.29 bits per heavy atom. The fraction of sp³-hybridized carbons (Fsp3) is 0.600. The van der Waals surface area contributed by atoms with Crippen molar-refractivity contribution in [2.75, 3.05) is 19.8 Å². The third kappa shape index (κ3) is 2.43. The number of piperidine rings is 1. The standard InChI is InChI=1S/C15H21BrNO3P/c1-3-19-21(18,20-4-2)15-9-12(15)10-17-14(15)11-5-7-13(16)8-6-11/h5-8,12,14,17H,3-4,9-10H2,1-2H3. The average molecular weight is 374 g/mol. The molecule has 1 heterocycles. The second-order valence-corrected chi connectivity index (χ2v) is 8.88. The predicted molar refractivity (Wildman–Crippen MR) is 86.6 cm³/mol. The number of nitrogens with one attached hydrogen (secondary N) is 1. The van der Waals surface area contributed by atoms with Gasteiger partial charge in [0.15, 0.2) is 0 Å². The lowest BCUT2D eigenvalue weighted by molar-refractivity contribution is 0.204. The molecule has 3 rings (SSSR count). The Kier molecular flexibility index (Phi) is 4.32. The first-order valence-corrected chi connectivity index (χ1v) is 9.79. The predicted octanol–water partition coefficient (Wildman–Crippen LogP) is 4.12. The second kappa shape index (κ2) is 5.78. The minimum Gasteiger partial charge on any atom is -0.309 e. The highest BCUT2D eigenvalue weighted by Crippen LogP contribution is 2.79. The van der Waals surface area contributed by atoms with E-state index in [1.54, 1.807) is 0 Å². The van der Waals surface area contributed by atoms with E-state index in [-0.39, 0.29) is 11.2 Å². The summed E-state index contributed by atoms with van der Waals surface area (Å²) in [6.07, 6.45) is 0.915. The van der Waals surface area contributed by atoms with Gasteiger partial charge in [0, 0.05) is 10.5 Å². The lowest BCUT2D eigenvalue weighted by atomic mass is 10.0. The monoisotopic (exact) mass is 373 g/mol. The number of halogens is 1. The van der Waals surface area contributed by atoms with E-state index in [0.717, 1.165) is 23.0 Å². The van der Waals surface area contributed by atoms with Gasteiger partial charge in [0.1, 0.15) is 0 Å². The molecule has 2 aliphatic rings. The molecule has 1 aromatic rings. The van der Waals surface area contributed by atoms with Crippen molar-refractivity contribution >= 4 is 23.5 Å². The molecule has 1 aliphatic heterocycles. The first-order valence-electron chi connectivity index (χ1n) is 7.45. The SMILES string of the molecule is CCOP(=O)(OCC)C12CC1CNC2c1ccc(Br)cc1. The molecule has 4 nitrogen and oxygen atoms in total. The smallest absolute Gasteiger partial charge is 0.309 e. The molecular formula is C15H21BrNO3P. The largest absolute Gasteiger partial charge is 0.338 e. The molecule has 0 spiro atoms. The van der Waals surface area contributed by atoms with Crippen LogP contribution in [-0.2, 0) is 13.6 Å². The maximum atomic E-state index is 13.3. The van der Waals surface area contributed by atoms with E-state index in [1.807, 2.05) is 26.0 Å². The summed E-state index contributed by atoms with van der Waals surface area (Å²) in [4.78, 5) is 0. The van der Waals surface area contributed by atoms with E-state index in [1.165, 1.54) is 0 Å².